The lowest BCUT2D eigenvalue weighted by Crippen LogP contribution is -2.06. The van der Waals surface area contributed by atoms with Crippen LogP contribution in [0.25, 0.3) is 0 Å². The average Bonchev–Trinajstić information content (AvgIpc) is 2.26. The molecule has 0 radical (unpaired) electrons. The SMILES string of the molecule is CC(=O)Nc1cccc(CS[C@H](C)CCO)c1. The van der Waals surface area contributed by atoms with Crippen LogP contribution in [0.3, 0.4) is 0 Å². The predicted octanol–water partition coefficient (Wildman–Crippen LogP) is 2.65. The number of aliphatic hydroxyl groups is 1. The van der Waals surface area contributed by atoms with Crippen molar-refractivity contribution in [3.63, 3.8) is 0 Å². The van der Waals surface area contributed by atoms with Crippen molar-refractivity contribution in [1.29, 1.82) is 0 Å². The number of carbonyl (C=O) groups is 1. The molecule has 94 valence electrons. The lowest BCUT2D eigenvalue weighted by atomic mass is 10.2. The van der Waals surface area contributed by atoms with Crippen molar-refractivity contribution in [2.45, 2.75) is 31.3 Å². The molecule has 0 spiro atoms. The van der Waals surface area contributed by atoms with Crippen LogP contribution in [0.2, 0.25) is 0 Å². The monoisotopic (exact) mass is 253 g/mol. The van der Waals surface area contributed by atoms with Gasteiger partial charge < -0.3 is 10.4 Å². The molecule has 17 heavy (non-hydrogen) atoms. The lowest BCUT2D eigenvalue weighted by molar-refractivity contribution is -0.114. The molecule has 0 aliphatic carbocycles. The van der Waals surface area contributed by atoms with Gasteiger partial charge in [-0.3, -0.25) is 4.79 Å². The maximum absolute atomic E-state index is 10.9. The molecule has 4 heteroatoms. The third kappa shape index (κ3) is 5.75. The Labute approximate surface area is 107 Å². The van der Waals surface area contributed by atoms with Gasteiger partial charge in [0.05, 0.1) is 0 Å². The first-order valence-electron chi connectivity index (χ1n) is 5.71. The fraction of sp³-hybridized carbons (Fsp3) is 0.462. The van der Waals surface area contributed by atoms with E-state index in [9.17, 15) is 4.79 Å². The zero-order valence-corrected chi connectivity index (χ0v) is 11.1. The van der Waals surface area contributed by atoms with Crippen molar-refractivity contribution >= 4 is 23.4 Å². The third-order valence-electron chi connectivity index (χ3n) is 2.32. The van der Waals surface area contributed by atoms with Crippen LogP contribution in [-0.4, -0.2) is 22.9 Å². The molecule has 0 unspecified atom stereocenters. The van der Waals surface area contributed by atoms with E-state index in [2.05, 4.69) is 12.2 Å². The zero-order chi connectivity index (χ0) is 12.7. The van der Waals surface area contributed by atoms with Gasteiger partial charge in [0.25, 0.3) is 0 Å². The van der Waals surface area contributed by atoms with Gasteiger partial charge in [0.1, 0.15) is 0 Å². The van der Waals surface area contributed by atoms with Crippen LogP contribution in [0, 0.1) is 0 Å². The summed E-state index contributed by atoms with van der Waals surface area (Å²) in [6.45, 7) is 3.85. The molecule has 3 nitrogen and oxygen atoms in total. The molecule has 0 fully saturated rings. The number of aliphatic hydroxyl groups excluding tert-OH is 1. The molecule has 0 heterocycles. The zero-order valence-electron chi connectivity index (χ0n) is 10.3. The predicted molar refractivity (Wildman–Crippen MR) is 73.2 cm³/mol. The van der Waals surface area contributed by atoms with Gasteiger partial charge in [-0.25, -0.2) is 0 Å². The molecule has 1 atom stereocenters. The van der Waals surface area contributed by atoms with E-state index >= 15 is 0 Å². The van der Waals surface area contributed by atoms with Crippen LogP contribution < -0.4 is 5.32 Å². The Bertz CT molecular complexity index is 368. The highest BCUT2D eigenvalue weighted by Gasteiger charge is 2.03. The van der Waals surface area contributed by atoms with Gasteiger partial charge in [0.2, 0.25) is 5.91 Å². The quantitative estimate of drug-likeness (QED) is 0.819. The number of hydrogen-bond acceptors (Lipinski definition) is 3. The summed E-state index contributed by atoms with van der Waals surface area (Å²) < 4.78 is 0. The van der Waals surface area contributed by atoms with Crippen LogP contribution >= 0.6 is 11.8 Å². The van der Waals surface area contributed by atoms with E-state index in [0.29, 0.717) is 5.25 Å². The highest BCUT2D eigenvalue weighted by molar-refractivity contribution is 7.99. The van der Waals surface area contributed by atoms with Crippen molar-refractivity contribution in [2.75, 3.05) is 11.9 Å². The van der Waals surface area contributed by atoms with E-state index in [0.717, 1.165) is 17.9 Å². The Morgan fingerprint density at radius 2 is 2.29 bits per heavy atom. The van der Waals surface area contributed by atoms with Crippen molar-refractivity contribution in [2.24, 2.45) is 0 Å². The van der Waals surface area contributed by atoms with Crippen LogP contribution in [0.15, 0.2) is 24.3 Å². The summed E-state index contributed by atoms with van der Waals surface area (Å²) in [4.78, 5) is 10.9. The van der Waals surface area contributed by atoms with Crippen LogP contribution in [-0.2, 0) is 10.5 Å². The number of hydrogen-bond donors (Lipinski definition) is 2. The second-order valence-corrected chi connectivity index (χ2v) is 5.44. The maximum atomic E-state index is 10.9. The van der Waals surface area contributed by atoms with Crippen LogP contribution in [0.5, 0.6) is 0 Å². The van der Waals surface area contributed by atoms with Gasteiger partial charge in [-0.15, -0.1) is 0 Å². The summed E-state index contributed by atoms with van der Waals surface area (Å²) in [6, 6.07) is 7.86. The summed E-state index contributed by atoms with van der Waals surface area (Å²) in [5.74, 6) is 0.845. The van der Waals surface area contributed by atoms with E-state index in [-0.39, 0.29) is 12.5 Å². The molecular formula is C13H19NO2S. The minimum Gasteiger partial charge on any atom is -0.396 e. The Hall–Kier alpha value is -1.00. The molecule has 0 aliphatic heterocycles. The summed E-state index contributed by atoms with van der Waals surface area (Å²) in [6.07, 6.45) is 0.816. The lowest BCUT2D eigenvalue weighted by Gasteiger charge is -2.10. The molecule has 2 N–H and O–H groups in total. The number of amides is 1. The highest BCUT2D eigenvalue weighted by Crippen LogP contribution is 2.21. The number of rotatable bonds is 6. The third-order valence-corrected chi connectivity index (χ3v) is 3.62. The minimum atomic E-state index is -0.0524. The van der Waals surface area contributed by atoms with Crippen molar-refractivity contribution in [3.05, 3.63) is 29.8 Å². The fourth-order valence-corrected chi connectivity index (χ4v) is 2.37. The van der Waals surface area contributed by atoms with Crippen molar-refractivity contribution in [3.8, 4) is 0 Å². The molecule has 1 aromatic rings. The molecule has 1 rings (SSSR count). The van der Waals surface area contributed by atoms with E-state index in [4.69, 9.17) is 5.11 Å². The Morgan fingerprint density at radius 3 is 2.94 bits per heavy atom. The normalized spacial score (nSPS) is 12.2. The second kappa shape index (κ2) is 7.35. The summed E-state index contributed by atoms with van der Waals surface area (Å²) >= 11 is 1.81. The van der Waals surface area contributed by atoms with Gasteiger partial charge in [-0.05, 0) is 24.1 Å². The van der Waals surface area contributed by atoms with Crippen molar-refractivity contribution < 1.29 is 9.90 Å². The van der Waals surface area contributed by atoms with E-state index in [1.807, 2.05) is 36.0 Å². The smallest absolute Gasteiger partial charge is 0.221 e. The first-order chi connectivity index (χ1) is 8.11. The second-order valence-electron chi connectivity index (χ2n) is 4.02. The molecule has 0 saturated heterocycles. The molecule has 0 aliphatic rings. The number of nitrogens with one attached hydrogen (secondary N) is 1. The number of thioether (sulfide) groups is 1. The van der Waals surface area contributed by atoms with Crippen molar-refractivity contribution in [1.82, 2.24) is 0 Å². The first-order valence-corrected chi connectivity index (χ1v) is 6.75. The number of benzene rings is 1. The standard InChI is InChI=1S/C13H19NO2S/c1-10(6-7-15)17-9-12-4-3-5-13(8-12)14-11(2)16/h3-5,8,10,15H,6-7,9H2,1-2H3,(H,14,16)/t10-/m1/s1. The molecular weight excluding hydrogens is 234 g/mol. The summed E-state index contributed by atoms with van der Waals surface area (Å²) in [5, 5.41) is 12.0. The molecule has 1 aromatic carbocycles. The average molecular weight is 253 g/mol. The first kappa shape index (κ1) is 14.1. The van der Waals surface area contributed by atoms with Gasteiger partial charge in [-0.1, -0.05) is 19.1 Å². The van der Waals surface area contributed by atoms with Gasteiger partial charge in [0.15, 0.2) is 0 Å². The molecule has 0 bridgehead atoms. The molecule has 0 saturated carbocycles. The minimum absolute atomic E-state index is 0.0524. The molecule has 0 aromatic heterocycles. The van der Waals surface area contributed by atoms with E-state index in [1.165, 1.54) is 12.5 Å². The van der Waals surface area contributed by atoms with Crippen LogP contribution in [0.4, 0.5) is 5.69 Å². The van der Waals surface area contributed by atoms with Gasteiger partial charge >= 0.3 is 0 Å². The number of carbonyl (C=O) groups excluding carboxylic acids is 1. The summed E-state index contributed by atoms with van der Waals surface area (Å²) in [7, 11) is 0. The Balaban J connectivity index is 2.50. The highest BCUT2D eigenvalue weighted by atomic mass is 32.2. The van der Waals surface area contributed by atoms with Crippen LogP contribution in [0.1, 0.15) is 25.8 Å². The van der Waals surface area contributed by atoms with Gasteiger partial charge in [-0.2, -0.15) is 11.8 Å². The topological polar surface area (TPSA) is 49.3 Å². The Kier molecular flexibility index (Phi) is 6.08. The largest absolute Gasteiger partial charge is 0.396 e. The summed E-state index contributed by atoms with van der Waals surface area (Å²) in [5.41, 5.74) is 2.02. The number of anilines is 1. The fourth-order valence-electron chi connectivity index (χ4n) is 1.45. The van der Waals surface area contributed by atoms with Gasteiger partial charge in [0, 0.05) is 30.2 Å². The van der Waals surface area contributed by atoms with E-state index in [1.54, 1.807) is 0 Å². The maximum Gasteiger partial charge on any atom is 0.221 e. The molecule has 1 amide bonds. The Morgan fingerprint density at radius 1 is 1.53 bits per heavy atom. The van der Waals surface area contributed by atoms with E-state index < -0.39 is 0 Å².